The van der Waals surface area contributed by atoms with Gasteiger partial charge in [-0.25, -0.2) is 0 Å². The largest absolute Gasteiger partial charge is 0.745 e. The summed E-state index contributed by atoms with van der Waals surface area (Å²) < 4.78 is 22.2. The summed E-state index contributed by atoms with van der Waals surface area (Å²) in [5, 5.41) is 7.33. The average Bonchev–Trinajstić information content (AvgIpc) is 1.62. The van der Waals surface area contributed by atoms with Gasteiger partial charge in [-0.2, -0.15) is 0 Å². The number of aliphatic hydroxyl groups excluding tert-OH is 1. The summed E-state index contributed by atoms with van der Waals surface area (Å²) in [6.45, 7) is 2.92. The number of hydrogen-bond donors (Lipinski definition) is 3. The first kappa shape index (κ1) is 17.6. The van der Waals surface area contributed by atoms with Crippen LogP contribution in [0.4, 0.5) is 0 Å². The normalized spacial score (nSPS) is 9.64. The van der Waals surface area contributed by atoms with Crippen LogP contribution >= 0.6 is 16.5 Å². The van der Waals surface area contributed by atoms with E-state index in [1.165, 1.54) is 0 Å². The van der Waals surface area contributed by atoms with E-state index in [1.54, 1.807) is 0 Å². The Morgan fingerprint density at radius 3 is 1.45 bits per heavy atom. The van der Waals surface area contributed by atoms with E-state index < -0.39 is 16.5 Å². The number of rotatable bonds is 2. The third kappa shape index (κ3) is 37.0. The molecule has 0 saturated carbocycles. The molecule has 0 aromatic heterocycles. The van der Waals surface area contributed by atoms with Gasteiger partial charge in [0.2, 0.25) is 0 Å². The van der Waals surface area contributed by atoms with Gasteiger partial charge in [0.1, 0.15) is 0 Å². The van der Waals surface area contributed by atoms with Gasteiger partial charge in [-0.15, -0.1) is 9.79 Å². The molecule has 11 heavy (non-hydrogen) atoms. The zero-order valence-electron chi connectivity index (χ0n) is 5.75. The summed E-state index contributed by atoms with van der Waals surface area (Å²) in [6.07, 6.45) is 0.750. The maximum Gasteiger partial charge on any atom is 0.745 e. The molecule has 0 saturated heterocycles. The molecule has 2 atom stereocenters. The SMILES string of the molecule is C=CO.O=[P+](O)O[P+](=O)O.[Na]. The van der Waals surface area contributed by atoms with Gasteiger partial charge in [-0.3, -0.25) is 0 Å². The van der Waals surface area contributed by atoms with Crippen molar-refractivity contribution in [3.63, 3.8) is 0 Å². The third-order valence-corrected chi connectivity index (χ3v) is 1.26. The maximum atomic E-state index is 9.39. The van der Waals surface area contributed by atoms with Crippen LogP contribution in [0.25, 0.3) is 0 Å². The van der Waals surface area contributed by atoms with Crippen molar-refractivity contribution in [2.75, 3.05) is 0 Å². The predicted molar refractivity (Wildman–Crippen MR) is 39.3 cm³/mol. The molecule has 0 bridgehead atoms. The van der Waals surface area contributed by atoms with E-state index >= 15 is 0 Å². The monoisotopic (exact) mass is 211 g/mol. The van der Waals surface area contributed by atoms with Gasteiger partial charge >= 0.3 is 16.5 Å². The van der Waals surface area contributed by atoms with Crippen LogP contribution in [0.3, 0.4) is 0 Å². The van der Waals surface area contributed by atoms with Crippen LogP contribution in [-0.4, -0.2) is 44.5 Å². The molecule has 0 amide bonds. The van der Waals surface area contributed by atoms with Gasteiger partial charge in [0.05, 0.1) is 6.26 Å². The van der Waals surface area contributed by atoms with Gasteiger partial charge in [0.25, 0.3) is 0 Å². The fourth-order valence-electron chi connectivity index (χ4n) is 0.0598. The van der Waals surface area contributed by atoms with Crippen molar-refractivity contribution in [2.45, 2.75) is 0 Å². The Hall–Kier alpha value is 0.620. The van der Waals surface area contributed by atoms with Crippen molar-refractivity contribution in [3.8, 4) is 0 Å². The first-order valence-electron chi connectivity index (χ1n) is 1.80. The molecule has 2 unspecified atom stereocenters. The van der Waals surface area contributed by atoms with E-state index in [4.69, 9.17) is 14.9 Å². The average molecular weight is 211 g/mol. The zero-order valence-corrected chi connectivity index (χ0v) is 9.53. The molecule has 0 aliphatic heterocycles. The first-order valence-corrected chi connectivity index (χ1v) is 4.06. The molecule has 0 heterocycles. The van der Waals surface area contributed by atoms with Crippen molar-refractivity contribution in [2.24, 2.45) is 0 Å². The quantitative estimate of drug-likeness (QED) is 0.351. The van der Waals surface area contributed by atoms with Crippen LogP contribution in [0.15, 0.2) is 12.8 Å². The maximum absolute atomic E-state index is 9.39. The van der Waals surface area contributed by atoms with Crippen molar-refractivity contribution in [3.05, 3.63) is 12.8 Å². The molecule has 0 aromatic carbocycles. The van der Waals surface area contributed by atoms with Crippen LogP contribution < -0.4 is 0 Å². The van der Waals surface area contributed by atoms with Gasteiger partial charge < -0.3 is 5.11 Å². The molecule has 59 valence electrons. The Labute approximate surface area is 87.1 Å². The Bertz CT molecular complexity index is 125. The molecular formula is C2H6NaO6P2+2. The number of aliphatic hydroxyl groups is 1. The summed E-state index contributed by atoms with van der Waals surface area (Å²) in [5.74, 6) is 0. The molecule has 0 aliphatic carbocycles. The topological polar surface area (TPSA) is 104 Å². The molecule has 0 aliphatic rings. The molecule has 1 radical (unpaired) electrons. The second-order valence-electron chi connectivity index (χ2n) is 0.740. The van der Waals surface area contributed by atoms with Crippen molar-refractivity contribution >= 4 is 46.1 Å². The van der Waals surface area contributed by atoms with E-state index in [-0.39, 0.29) is 29.6 Å². The fourth-order valence-corrected chi connectivity index (χ4v) is 0.538. The molecule has 6 nitrogen and oxygen atoms in total. The van der Waals surface area contributed by atoms with Crippen LogP contribution in [0, 0.1) is 0 Å². The molecule has 0 spiro atoms. The predicted octanol–water partition coefficient (Wildman–Crippen LogP) is 0.609. The van der Waals surface area contributed by atoms with Crippen molar-refractivity contribution < 1.29 is 28.3 Å². The van der Waals surface area contributed by atoms with Gasteiger partial charge in [-0.05, 0) is 0 Å². The molecule has 9 heteroatoms. The van der Waals surface area contributed by atoms with Crippen LogP contribution in [-0.2, 0) is 13.4 Å². The number of hydrogen-bond acceptors (Lipinski definition) is 4. The van der Waals surface area contributed by atoms with E-state index in [0.29, 0.717) is 0 Å². The summed E-state index contributed by atoms with van der Waals surface area (Å²) in [7, 11) is -5.85. The minimum absolute atomic E-state index is 0. The standard InChI is InChI=1S/C2H4O.Na.O5P2/c1-2-3;;1-6(2)5-7(3)4/h2-3H,1H2;;/p+2. The zero-order chi connectivity index (χ0) is 8.57. The molecule has 0 rings (SSSR count). The van der Waals surface area contributed by atoms with E-state index in [2.05, 4.69) is 10.9 Å². The summed E-state index contributed by atoms with van der Waals surface area (Å²) in [5.41, 5.74) is 0. The van der Waals surface area contributed by atoms with Crippen LogP contribution in [0.1, 0.15) is 0 Å². The van der Waals surface area contributed by atoms with Gasteiger partial charge in [0.15, 0.2) is 4.31 Å². The summed E-state index contributed by atoms with van der Waals surface area (Å²) in [4.78, 5) is 15.3. The van der Waals surface area contributed by atoms with Gasteiger partial charge in [0, 0.05) is 38.7 Å². The molecule has 0 aromatic rings. The summed E-state index contributed by atoms with van der Waals surface area (Å²) >= 11 is 0. The van der Waals surface area contributed by atoms with Crippen molar-refractivity contribution in [1.29, 1.82) is 0 Å². The Morgan fingerprint density at radius 1 is 1.27 bits per heavy atom. The van der Waals surface area contributed by atoms with Crippen LogP contribution in [0.2, 0.25) is 0 Å². The second-order valence-corrected chi connectivity index (χ2v) is 2.34. The van der Waals surface area contributed by atoms with Crippen LogP contribution in [0.5, 0.6) is 0 Å². The Kier molecular flexibility index (Phi) is 21.2. The van der Waals surface area contributed by atoms with E-state index in [0.717, 1.165) is 6.26 Å². The smallest absolute Gasteiger partial charge is 0.516 e. The van der Waals surface area contributed by atoms with Gasteiger partial charge in [-0.1, -0.05) is 6.58 Å². The molecular weight excluding hydrogens is 205 g/mol. The third-order valence-electron chi connectivity index (χ3n) is 0.140. The first-order chi connectivity index (χ1) is 4.54. The summed E-state index contributed by atoms with van der Waals surface area (Å²) in [6, 6.07) is 0. The molecule has 0 fully saturated rings. The minimum Gasteiger partial charge on any atom is -0.516 e. The Balaban J connectivity index is -0.000000140. The van der Waals surface area contributed by atoms with E-state index in [1.807, 2.05) is 0 Å². The Morgan fingerprint density at radius 2 is 1.45 bits per heavy atom. The van der Waals surface area contributed by atoms with E-state index in [9.17, 15) is 9.13 Å². The fraction of sp³-hybridized carbons (Fsp3) is 0. The minimum atomic E-state index is -2.92. The molecule has 3 N–H and O–H groups in total. The second kappa shape index (κ2) is 13.2. The van der Waals surface area contributed by atoms with Crippen molar-refractivity contribution in [1.82, 2.24) is 0 Å².